The summed E-state index contributed by atoms with van der Waals surface area (Å²) in [4.78, 5) is 0. The predicted octanol–water partition coefficient (Wildman–Crippen LogP) is 4.67. The molecule has 0 saturated carbocycles. The smallest absolute Gasteiger partial charge is 0.0835 e. The summed E-state index contributed by atoms with van der Waals surface area (Å²) in [7, 11) is 0. The summed E-state index contributed by atoms with van der Waals surface area (Å²) < 4.78 is 0. The average Bonchev–Trinajstić information content (AvgIpc) is 2.29. The Labute approximate surface area is 99.5 Å². The summed E-state index contributed by atoms with van der Waals surface area (Å²) >= 11 is 12.3. The first-order chi connectivity index (χ1) is 7.27. The molecule has 0 aliphatic rings. The third-order valence-corrected chi connectivity index (χ3v) is 2.97. The predicted molar refractivity (Wildman–Crippen MR) is 65.6 cm³/mol. The highest BCUT2D eigenvalue weighted by Crippen LogP contribution is 2.29. The number of hydrogen-bond acceptors (Lipinski definition) is 0. The largest absolute Gasteiger partial charge is 0.113 e. The Bertz CT molecular complexity index is 437. The van der Waals surface area contributed by atoms with Gasteiger partial charge in [0.15, 0.2) is 0 Å². The highest BCUT2D eigenvalue weighted by molar-refractivity contribution is 6.30. The van der Waals surface area contributed by atoms with E-state index in [9.17, 15) is 0 Å². The molecule has 2 aromatic rings. The molecule has 0 aromatic heterocycles. The lowest BCUT2D eigenvalue weighted by Gasteiger charge is -2.10. The standard InChI is InChI=1S/C13H10Cl2/c14-12-8-4-7-11(9-12)13(15)10-5-2-1-3-6-10/h1-9,13H/t13-/m0/s1. The average molecular weight is 237 g/mol. The zero-order chi connectivity index (χ0) is 10.7. The third-order valence-electron chi connectivity index (χ3n) is 2.23. The molecule has 0 bridgehead atoms. The number of alkyl halides is 1. The van der Waals surface area contributed by atoms with E-state index in [1.54, 1.807) is 0 Å². The fraction of sp³-hybridized carbons (Fsp3) is 0.0769. The van der Waals surface area contributed by atoms with Crippen LogP contribution in [0.2, 0.25) is 5.02 Å². The van der Waals surface area contributed by atoms with Crippen molar-refractivity contribution < 1.29 is 0 Å². The molecule has 0 fully saturated rings. The van der Waals surface area contributed by atoms with Crippen LogP contribution in [0.1, 0.15) is 16.5 Å². The minimum Gasteiger partial charge on any atom is -0.113 e. The molecule has 0 N–H and O–H groups in total. The summed E-state index contributed by atoms with van der Waals surface area (Å²) in [5, 5.41) is 0.582. The minimum atomic E-state index is -0.134. The second kappa shape index (κ2) is 4.69. The lowest BCUT2D eigenvalue weighted by atomic mass is 10.0. The quantitative estimate of drug-likeness (QED) is 0.666. The van der Waals surface area contributed by atoms with E-state index in [0.717, 1.165) is 11.1 Å². The van der Waals surface area contributed by atoms with Crippen molar-refractivity contribution in [2.45, 2.75) is 5.38 Å². The molecule has 76 valence electrons. The number of benzene rings is 2. The van der Waals surface area contributed by atoms with Crippen molar-refractivity contribution >= 4 is 23.2 Å². The molecule has 0 aliphatic carbocycles. The highest BCUT2D eigenvalue weighted by atomic mass is 35.5. The zero-order valence-electron chi connectivity index (χ0n) is 8.03. The van der Waals surface area contributed by atoms with Crippen molar-refractivity contribution in [3.63, 3.8) is 0 Å². The van der Waals surface area contributed by atoms with E-state index in [1.807, 2.05) is 54.6 Å². The van der Waals surface area contributed by atoms with Crippen molar-refractivity contribution in [2.75, 3.05) is 0 Å². The van der Waals surface area contributed by atoms with Crippen LogP contribution in [-0.2, 0) is 0 Å². The second-order valence-corrected chi connectivity index (χ2v) is 4.20. The Kier molecular flexibility index (Phi) is 3.30. The highest BCUT2D eigenvalue weighted by Gasteiger charge is 2.09. The van der Waals surface area contributed by atoms with Crippen molar-refractivity contribution in [3.8, 4) is 0 Å². The third kappa shape index (κ3) is 2.53. The van der Waals surface area contributed by atoms with E-state index >= 15 is 0 Å². The van der Waals surface area contributed by atoms with Crippen LogP contribution in [0.4, 0.5) is 0 Å². The van der Waals surface area contributed by atoms with E-state index in [4.69, 9.17) is 23.2 Å². The van der Waals surface area contributed by atoms with Crippen molar-refractivity contribution in [3.05, 3.63) is 70.7 Å². The van der Waals surface area contributed by atoms with Crippen LogP contribution in [0.5, 0.6) is 0 Å². The molecule has 0 nitrogen and oxygen atoms in total. The molecule has 15 heavy (non-hydrogen) atoms. The maximum atomic E-state index is 6.34. The summed E-state index contributed by atoms with van der Waals surface area (Å²) in [5.41, 5.74) is 2.11. The normalized spacial score (nSPS) is 12.4. The summed E-state index contributed by atoms with van der Waals surface area (Å²) in [6.45, 7) is 0. The first kappa shape index (κ1) is 10.5. The SMILES string of the molecule is Clc1cccc([C@@H](Cl)c2ccccc2)c1. The van der Waals surface area contributed by atoms with Crippen molar-refractivity contribution in [1.29, 1.82) is 0 Å². The van der Waals surface area contributed by atoms with Crippen LogP contribution in [-0.4, -0.2) is 0 Å². The fourth-order valence-electron chi connectivity index (χ4n) is 1.48. The van der Waals surface area contributed by atoms with Gasteiger partial charge in [-0.3, -0.25) is 0 Å². The van der Waals surface area contributed by atoms with Gasteiger partial charge >= 0.3 is 0 Å². The van der Waals surface area contributed by atoms with Gasteiger partial charge in [-0.1, -0.05) is 54.1 Å². The molecule has 1 atom stereocenters. The Morgan fingerprint density at radius 3 is 2.13 bits per heavy atom. The molecule has 0 unspecified atom stereocenters. The van der Waals surface area contributed by atoms with Gasteiger partial charge in [-0.25, -0.2) is 0 Å². The van der Waals surface area contributed by atoms with Gasteiger partial charge in [0, 0.05) is 5.02 Å². The van der Waals surface area contributed by atoms with E-state index in [2.05, 4.69) is 0 Å². The van der Waals surface area contributed by atoms with E-state index < -0.39 is 0 Å². The molecular weight excluding hydrogens is 227 g/mol. The van der Waals surface area contributed by atoms with E-state index in [0.29, 0.717) is 5.02 Å². The molecule has 2 heteroatoms. The van der Waals surface area contributed by atoms with Gasteiger partial charge < -0.3 is 0 Å². The Morgan fingerprint density at radius 1 is 0.800 bits per heavy atom. The number of hydrogen-bond donors (Lipinski definition) is 0. The van der Waals surface area contributed by atoms with Crippen molar-refractivity contribution in [1.82, 2.24) is 0 Å². The maximum absolute atomic E-state index is 6.34. The molecular formula is C13H10Cl2. The molecule has 0 saturated heterocycles. The van der Waals surface area contributed by atoms with Crippen LogP contribution < -0.4 is 0 Å². The van der Waals surface area contributed by atoms with Crippen LogP contribution in [0.25, 0.3) is 0 Å². The lowest BCUT2D eigenvalue weighted by molar-refractivity contribution is 1.14. The topological polar surface area (TPSA) is 0 Å². The first-order valence-corrected chi connectivity index (χ1v) is 5.53. The molecule has 2 aromatic carbocycles. The minimum absolute atomic E-state index is 0.134. The van der Waals surface area contributed by atoms with Gasteiger partial charge in [0.05, 0.1) is 5.38 Å². The Morgan fingerprint density at radius 2 is 1.47 bits per heavy atom. The summed E-state index contributed by atoms with van der Waals surface area (Å²) in [6, 6.07) is 17.6. The Hall–Kier alpha value is -0.980. The molecule has 0 amide bonds. The van der Waals surface area contributed by atoms with Gasteiger partial charge in [0.25, 0.3) is 0 Å². The van der Waals surface area contributed by atoms with Gasteiger partial charge in [0.2, 0.25) is 0 Å². The number of rotatable bonds is 2. The fourth-order valence-corrected chi connectivity index (χ4v) is 1.96. The second-order valence-electron chi connectivity index (χ2n) is 3.33. The van der Waals surface area contributed by atoms with E-state index in [1.165, 1.54) is 0 Å². The van der Waals surface area contributed by atoms with Gasteiger partial charge in [-0.05, 0) is 23.3 Å². The Balaban J connectivity index is 2.32. The zero-order valence-corrected chi connectivity index (χ0v) is 9.54. The van der Waals surface area contributed by atoms with Crippen molar-refractivity contribution in [2.24, 2.45) is 0 Å². The van der Waals surface area contributed by atoms with Gasteiger partial charge in [-0.15, -0.1) is 11.6 Å². The molecule has 0 heterocycles. The summed E-state index contributed by atoms with van der Waals surface area (Å²) in [5.74, 6) is 0. The van der Waals surface area contributed by atoms with Crippen LogP contribution in [0, 0.1) is 0 Å². The van der Waals surface area contributed by atoms with Crippen LogP contribution in [0.15, 0.2) is 54.6 Å². The van der Waals surface area contributed by atoms with Crippen LogP contribution >= 0.6 is 23.2 Å². The molecule has 0 radical (unpaired) electrons. The molecule has 0 aliphatic heterocycles. The lowest BCUT2D eigenvalue weighted by Crippen LogP contribution is -1.92. The molecule has 2 rings (SSSR count). The number of halogens is 2. The van der Waals surface area contributed by atoms with Crippen LogP contribution in [0.3, 0.4) is 0 Å². The first-order valence-electron chi connectivity index (χ1n) is 4.72. The maximum Gasteiger partial charge on any atom is 0.0835 e. The summed E-state index contributed by atoms with van der Waals surface area (Å²) in [6.07, 6.45) is 0. The monoisotopic (exact) mass is 236 g/mol. The van der Waals surface area contributed by atoms with E-state index in [-0.39, 0.29) is 5.38 Å². The van der Waals surface area contributed by atoms with Gasteiger partial charge in [0.1, 0.15) is 0 Å². The van der Waals surface area contributed by atoms with Gasteiger partial charge in [-0.2, -0.15) is 0 Å². The molecule has 0 spiro atoms.